The van der Waals surface area contributed by atoms with Crippen molar-refractivity contribution in [2.45, 2.75) is 25.4 Å². The Balaban J connectivity index is 2.62. The van der Waals surface area contributed by atoms with Crippen molar-refractivity contribution in [1.29, 1.82) is 5.26 Å². The van der Waals surface area contributed by atoms with Crippen molar-refractivity contribution in [2.75, 3.05) is 13.2 Å². The van der Waals surface area contributed by atoms with Gasteiger partial charge < -0.3 is 9.84 Å². The van der Waals surface area contributed by atoms with Crippen LogP contribution in [0.15, 0.2) is 0 Å². The second kappa shape index (κ2) is 3.21. The molecular weight excluding hydrogens is 142 g/mol. The summed E-state index contributed by atoms with van der Waals surface area (Å²) in [7, 11) is 0. The molecule has 0 amide bonds. The maximum Gasteiger partial charge on any atom is 0.106 e. The first-order valence-electron chi connectivity index (χ1n) is 3.92. The van der Waals surface area contributed by atoms with Crippen LogP contribution < -0.4 is 0 Å². The van der Waals surface area contributed by atoms with Crippen LogP contribution in [0, 0.1) is 17.2 Å². The molecule has 62 valence electrons. The molecule has 1 aliphatic heterocycles. The molecule has 1 heterocycles. The Bertz CT molecular complexity index is 167. The number of hydrogen-bond donors (Lipinski definition) is 1. The summed E-state index contributed by atoms with van der Waals surface area (Å²) in [5.74, 6) is -0.273. The zero-order chi connectivity index (χ0) is 8.32. The van der Waals surface area contributed by atoms with Crippen LogP contribution in [0.3, 0.4) is 0 Å². The van der Waals surface area contributed by atoms with E-state index in [-0.39, 0.29) is 5.92 Å². The molecule has 0 bridgehead atoms. The maximum atomic E-state index is 9.80. The molecule has 2 atom stereocenters. The van der Waals surface area contributed by atoms with Gasteiger partial charge in [-0.15, -0.1) is 0 Å². The third-order valence-corrected chi connectivity index (χ3v) is 2.24. The number of aliphatic hydroxyl groups is 1. The topological polar surface area (TPSA) is 53.2 Å². The Morgan fingerprint density at radius 3 is 2.91 bits per heavy atom. The van der Waals surface area contributed by atoms with E-state index in [1.807, 2.05) is 6.92 Å². The molecule has 0 saturated carbocycles. The van der Waals surface area contributed by atoms with E-state index in [9.17, 15) is 5.11 Å². The molecule has 11 heavy (non-hydrogen) atoms. The summed E-state index contributed by atoms with van der Waals surface area (Å²) in [5, 5.41) is 18.5. The van der Waals surface area contributed by atoms with E-state index in [1.54, 1.807) is 0 Å². The Morgan fingerprint density at radius 2 is 2.55 bits per heavy atom. The van der Waals surface area contributed by atoms with Crippen molar-refractivity contribution >= 4 is 0 Å². The van der Waals surface area contributed by atoms with Crippen LogP contribution in [0.25, 0.3) is 0 Å². The van der Waals surface area contributed by atoms with Crippen molar-refractivity contribution in [3.05, 3.63) is 0 Å². The molecule has 0 spiro atoms. The third-order valence-electron chi connectivity index (χ3n) is 2.24. The summed E-state index contributed by atoms with van der Waals surface area (Å²) in [6.45, 7) is 2.80. The minimum absolute atomic E-state index is 0.273. The van der Waals surface area contributed by atoms with Crippen molar-refractivity contribution in [1.82, 2.24) is 0 Å². The van der Waals surface area contributed by atoms with E-state index in [4.69, 9.17) is 10.00 Å². The van der Waals surface area contributed by atoms with Crippen molar-refractivity contribution in [2.24, 2.45) is 5.92 Å². The summed E-state index contributed by atoms with van der Waals surface area (Å²) < 4.78 is 5.04. The lowest BCUT2D eigenvalue weighted by molar-refractivity contribution is -0.00741. The van der Waals surface area contributed by atoms with Gasteiger partial charge in [-0.2, -0.15) is 5.26 Å². The highest BCUT2D eigenvalue weighted by molar-refractivity contribution is 4.99. The summed E-state index contributed by atoms with van der Waals surface area (Å²) in [6.07, 6.45) is 1.29. The van der Waals surface area contributed by atoms with Crippen molar-refractivity contribution < 1.29 is 9.84 Å². The largest absolute Gasteiger partial charge is 0.386 e. The number of nitriles is 1. The number of nitrogens with zero attached hydrogens (tertiary/aromatic N) is 1. The third kappa shape index (κ3) is 1.52. The van der Waals surface area contributed by atoms with E-state index >= 15 is 0 Å². The first-order valence-corrected chi connectivity index (χ1v) is 3.92. The average Bonchev–Trinajstić information content (AvgIpc) is 2.39. The van der Waals surface area contributed by atoms with Gasteiger partial charge in [0.1, 0.15) is 5.60 Å². The summed E-state index contributed by atoms with van der Waals surface area (Å²) in [6, 6.07) is 2.10. The lowest BCUT2D eigenvalue weighted by atomic mass is 9.86. The van der Waals surface area contributed by atoms with E-state index in [0.29, 0.717) is 26.1 Å². The summed E-state index contributed by atoms with van der Waals surface area (Å²) in [4.78, 5) is 0. The molecule has 1 N–H and O–H groups in total. The SMILES string of the molecule is CCC(C#N)C1(O)CCOC1. The Labute approximate surface area is 66.6 Å². The summed E-state index contributed by atoms with van der Waals surface area (Å²) in [5.41, 5.74) is -0.872. The van der Waals surface area contributed by atoms with Crippen LogP contribution in [0.5, 0.6) is 0 Å². The molecule has 3 heteroatoms. The molecule has 0 aromatic carbocycles. The Morgan fingerprint density at radius 1 is 1.82 bits per heavy atom. The lowest BCUT2D eigenvalue weighted by Gasteiger charge is -2.24. The van der Waals surface area contributed by atoms with Gasteiger partial charge in [0.05, 0.1) is 18.6 Å². The fourth-order valence-corrected chi connectivity index (χ4v) is 1.44. The van der Waals surface area contributed by atoms with Crippen LogP contribution in [0.1, 0.15) is 19.8 Å². The first kappa shape index (κ1) is 8.51. The second-order valence-electron chi connectivity index (χ2n) is 3.00. The molecule has 1 fully saturated rings. The van der Waals surface area contributed by atoms with Gasteiger partial charge in [-0.05, 0) is 6.42 Å². The van der Waals surface area contributed by atoms with Crippen LogP contribution in [0.2, 0.25) is 0 Å². The summed E-state index contributed by atoms with van der Waals surface area (Å²) >= 11 is 0. The van der Waals surface area contributed by atoms with E-state index in [0.717, 1.165) is 0 Å². The smallest absolute Gasteiger partial charge is 0.106 e. The highest BCUT2D eigenvalue weighted by Crippen LogP contribution is 2.28. The zero-order valence-corrected chi connectivity index (χ0v) is 6.71. The predicted molar refractivity (Wildman–Crippen MR) is 39.8 cm³/mol. The lowest BCUT2D eigenvalue weighted by Crippen LogP contribution is -2.37. The fourth-order valence-electron chi connectivity index (χ4n) is 1.44. The van der Waals surface area contributed by atoms with Crippen molar-refractivity contribution in [3.8, 4) is 6.07 Å². The molecule has 3 nitrogen and oxygen atoms in total. The van der Waals surface area contributed by atoms with Gasteiger partial charge in [0, 0.05) is 13.0 Å². The van der Waals surface area contributed by atoms with Crippen LogP contribution in [0.4, 0.5) is 0 Å². The molecule has 1 rings (SSSR count). The molecule has 1 saturated heterocycles. The average molecular weight is 155 g/mol. The normalized spacial score (nSPS) is 33.2. The van der Waals surface area contributed by atoms with E-state index in [1.165, 1.54) is 0 Å². The highest BCUT2D eigenvalue weighted by Gasteiger charge is 2.39. The minimum Gasteiger partial charge on any atom is -0.386 e. The van der Waals surface area contributed by atoms with Crippen LogP contribution >= 0.6 is 0 Å². The molecule has 0 radical (unpaired) electrons. The molecular formula is C8H13NO2. The highest BCUT2D eigenvalue weighted by atomic mass is 16.5. The van der Waals surface area contributed by atoms with Gasteiger partial charge in [0.15, 0.2) is 0 Å². The van der Waals surface area contributed by atoms with Gasteiger partial charge >= 0.3 is 0 Å². The Kier molecular flexibility index (Phi) is 2.48. The van der Waals surface area contributed by atoms with E-state index in [2.05, 4.69) is 6.07 Å². The first-order chi connectivity index (χ1) is 5.23. The van der Waals surface area contributed by atoms with Gasteiger partial charge in [-0.3, -0.25) is 0 Å². The van der Waals surface area contributed by atoms with Crippen LogP contribution in [-0.2, 0) is 4.74 Å². The number of ether oxygens (including phenoxy) is 1. The second-order valence-corrected chi connectivity index (χ2v) is 3.00. The predicted octanol–water partition coefficient (Wildman–Crippen LogP) is 0.688. The quantitative estimate of drug-likeness (QED) is 0.638. The molecule has 0 aliphatic carbocycles. The van der Waals surface area contributed by atoms with E-state index < -0.39 is 5.60 Å². The minimum atomic E-state index is -0.872. The fraction of sp³-hybridized carbons (Fsp3) is 0.875. The number of hydrogen-bond acceptors (Lipinski definition) is 3. The molecule has 2 unspecified atom stereocenters. The van der Waals surface area contributed by atoms with Gasteiger partial charge in [0.25, 0.3) is 0 Å². The molecule has 0 aromatic heterocycles. The van der Waals surface area contributed by atoms with Crippen molar-refractivity contribution in [3.63, 3.8) is 0 Å². The van der Waals surface area contributed by atoms with Gasteiger partial charge in [-0.1, -0.05) is 6.92 Å². The van der Waals surface area contributed by atoms with Gasteiger partial charge in [-0.25, -0.2) is 0 Å². The number of rotatable bonds is 2. The molecule has 1 aliphatic rings. The standard InChI is InChI=1S/C8H13NO2/c1-2-7(5-9)8(10)3-4-11-6-8/h7,10H,2-4,6H2,1H3. The monoisotopic (exact) mass is 155 g/mol. The Hall–Kier alpha value is -0.590. The molecule has 0 aromatic rings. The van der Waals surface area contributed by atoms with Gasteiger partial charge in [0.2, 0.25) is 0 Å². The zero-order valence-electron chi connectivity index (χ0n) is 6.71. The maximum absolute atomic E-state index is 9.80. The van der Waals surface area contributed by atoms with Crippen LogP contribution in [-0.4, -0.2) is 23.9 Å².